The lowest BCUT2D eigenvalue weighted by atomic mass is 10.4. The Kier molecular flexibility index (Phi) is 3.02. The van der Waals surface area contributed by atoms with E-state index in [0.717, 1.165) is 13.2 Å². The summed E-state index contributed by atoms with van der Waals surface area (Å²) >= 11 is 0. The SMILES string of the molecule is CC=CN1C=CN(CCC)C1. The summed E-state index contributed by atoms with van der Waals surface area (Å²) in [6, 6.07) is 0. The predicted octanol–water partition coefficient (Wildman–Crippen LogP) is 1.98. The molecule has 1 aliphatic heterocycles. The van der Waals surface area contributed by atoms with Gasteiger partial charge in [-0.15, -0.1) is 0 Å². The van der Waals surface area contributed by atoms with Crippen molar-refractivity contribution in [2.24, 2.45) is 0 Å². The van der Waals surface area contributed by atoms with E-state index in [9.17, 15) is 0 Å². The van der Waals surface area contributed by atoms with E-state index in [1.165, 1.54) is 6.42 Å². The van der Waals surface area contributed by atoms with E-state index in [0.29, 0.717) is 0 Å². The van der Waals surface area contributed by atoms with Crippen molar-refractivity contribution >= 4 is 0 Å². The van der Waals surface area contributed by atoms with E-state index in [2.05, 4.69) is 41.4 Å². The van der Waals surface area contributed by atoms with Crippen molar-refractivity contribution in [1.29, 1.82) is 0 Å². The molecule has 1 heterocycles. The van der Waals surface area contributed by atoms with Crippen LogP contribution in [0.2, 0.25) is 0 Å². The van der Waals surface area contributed by atoms with Crippen LogP contribution in [0.1, 0.15) is 20.3 Å². The van der Waals surface area contributed by atoms with Crippen LogP contribution in [0.15, 0.2) is 24.7 Å². The third kappa shape index (κ3) is 2.30. The smallest absolute Gasteiger partial charge is 0.0935 e. The van der Waals surface area contributed by atoms with E-state index < -0.39 is 0 Å². The topological polar surface area (TPSA) is 6.48 Å². The second-order valence-corrected chi connectivity index (χ2v) is 2.75. The number of rotatable bonds is 3. The fraction of sp³-hybridized carbons (Fsp3) is 0.556. The largest absolute Gasteiger partial charge is 0.358 e. The molecule has 0 atom stereocenters. The Labute approximate surface area is 68.8 Å². The molecule has 0 N–H and O–H groups in total. The molecule has 0 saturated heterocycles. The molecule has 0 aliphatic carbocycles. The average molecular weight is 152 g/mol. The molecule has 2 heteroatoms. The molecule has 0 fully saturated rings. The van der Waals surface area contributed by atoms with Crippen molar-refractivity contribution in [3.8, 4) is 0 Å². The van der Waals surface area contributed by atoms with Crippen LogP contribution in [0.4, 0.5) is 0 Å². The van der Waals surface area contributed by atoms with E-state index in [4.69, 9.17) is 0 Å². The summed E-state index contributed by atoms with van der Waals surface area (Å²) in [5.74, 6) is 0. The van der Waals surface area contributed by atoms with Gasteiger partial charge in [0.05, 0.1) is 6.67 Å². The molecule has 0 bridgehead atoms. The molecule has 0 aromatic heterocycles. The molecule has 0 radical (unpaired) electrons. The zero-order chi connectivity index (χ0) is 8.10. The first kappa shape index (κ1) is 8.18. The second-order valence-electron chi connectivity index (χ2n) is 2.75. The lowest BCUT2D eigenvalue weighted by Crippen LogP contribution is -2.22. The van der Waals surface area contributed by atoms with Gasteiger partial charge in [0.2, 0.25) is 0 Å². The molecular formula is C9H16N2. The van der Waals surface area contributed by atoms with Gasteiger partial charge < -0.3 is 9.80 Å². The van der Waals surface area contributed by atoms with Gasteiger partial charge >= 0.3 is 0 Å². The summed E-state index contributed by atoms with van der Waals surface area (Å²) in [5, 5.41) is 0. The fourth-order valence-corrected chi connectivity index (χ4v) is 1.20. The van der Waals surface area contributed by atoms with E-state index in [1.807, 2.05) is 6.92 Å². The Balaban J connectivity index is 2.30. The highest BCUT2D eigenvalue weighted by Crippen LogP contribution is 2.06. The van der Waals surface area contributed by atoms with Gasteiger partial charge in [-0.1, -0.05) is 13.0 Å². The van der Waals surface area contributed by atoms with Gasteiger partial charge in [-0.2, -0.15) is 0 Å². The number of nitrogens with zero attached hydrogens (tertiary/aromatic N) is 2. The van der Waals surface area contributed by atoms with Crippen molar-refractivity contribution in [2.75, 3.05) is 13.2 Å². The average Bonchev–Trinajstić information content (AvgIpc) is 2.38. The van der Waals surface area contributed by atoms with Crippen LogP contribution >= 0.6 is 0 Å². The van der Waals surface area contributed by atoms with Gasteiger partial charge in [-0.25, -0.2) is 0 Å². The van der Waals surface area contributed by atoms with Gasteiger partial charge in [0.15, 0.2) is 0 Å². The van der Waals surface area contributed by atoms with Crippen LogP contribution in [0.3, 0.4) is 0 Å². The zero-order valence-electron chi connectivity index (χ0n) is 7.33. The molecule has 0 spiro atoms. The third-order valence-electron chi connectivity index (χ3n) is 1.67. The lowest BCUT2D eigenvalue weighted by molar-refractivity contribution is 0.315. The van der Waals surface area contributed by atoms with Crippen molar-refractivity contribution in [1.82, 2.24) is 9.80 Å². The van der Waals surface area contributed by atoms with Gasteiger partial charge in [0.25, 0.3) is 0 Å². The maximum absolute atomic E-state index is 2.31. The predicted molar refractivity (Wildman–Crippen MR) is 47.7 cm³/mol. The minimum absolute atomic E-state index is 1.01. The molecule has 2 nitrogen and oxygen atoms in total. The van der Waals surface area contributed by atoms with E-state index in [1.54, 1.807) is 0 Å². The molecule has 0 unspecified atom stereocenters. The molecule has 1 aliphatic rings. The number of hydrogen-bond donors (Lipinski definition) is 0. The van der Waals surface area contributed by atoms with Crippen LogP contribution in [-0.2, 0) is 0 Å². The van der Waals surface area contributed by atoms with Crippen molar-refractivity contribution in [3.05, 3.63) is 24.7 Å². The molecule has 0 aromatic rings. The van der Waals surface area contributed by atoms with Crippen LogP contribution in [0, 0.1) is 0 Å². The van der Waals surface area contributed by atoms with E-state index >= 15 is 0 Å². The zero-order valence-corrected chi connectivity index (χ0v) is 7.33. The third-order valence-corrected chi connectivity index (χ3v) is 1.67. The summed E-state index contributed by atoms with van der Waals surface area (Å²) in [6.07, 6.45) is 9.61. The second kappa shape index (κ2) is 4.06. The van der Waals surface area contributed by atoms with Crippen LogP contribution in [0.5, 0.6) is 0 Å². The number of allylic oxidation sites excluding steroid dienone is 1. The van der Waals surface area contributed by atoms with Crippen LogP contribution in [-0.4, -0.2) is 23.0 Å². The number of hydrogen-bond acceptors (Lipinski definition) is 2. The van der Waals surface area contributed by atoms with Gasteiger partial charge in [-0.05, 0) is 13.3 Å². The van der Waals surface area contributed by atoms with Crippen molar-refractivity contribution in [3.63, 3.8) is 0 Å². The molecule has 0 amide bonds. The monoisotopic (exact) mass is 152 g/mol. The van der Waals surface area contributed by atoms with Crippen molar-refractivity contribution in [2.45, 2.75) is 20.3 Å². The Morgan fingerprint density at radius 3 is 2.91 bits per heavy atom. The highest BCUT2D eigenvalue weighted by molar-refractivity contribution is 4.96. The highest BCUT2D eigenvalue weighted by atomic mass is 15.3. The summed E-state index contributed by atoms with van der Waals surface area (Å²) in [7, 11) is 0. The first-order chi connectivity index (χ1) is 5.36. The van der Waals surface area contributed by atoms with E-state index in [-0.39, 0.29) is 0 Å². The minimum atomic E-state index is 1.01. The Morgan fingerprint density at radius 1 is 1.45 bits per heavy atom. The standard InChI is InChI=1S/C9H16N2/c1-3-5-10-7-8-11(9-10)6-4-2/h3,5,7-8H,4,6,9H2,1-2H3. The molecule has 11 heavy (non-hydrogen) atoms. The Bertz CT molecular complexity index is 161. The molecule has 62 valence electrons. The van der Waals surface area contributed by atoms with Gasteiger partial charge in [-0.3, -0.25) is 0 Å². The molecule has 0 saturated carbocycles. The summed E-state index contributed by atoms with van der Waals surface area (Å²) in [5.41, 5.74) is 0. The van der Waals surface area contributed by atoms with Gasteiger partial charge in [0.1, 0.15) is 0 Å². The summed E-state index contributed by atoms with van der Waals surface area (Å²) < 4.78 is 0. The summed E-state index contributed by atoms with van der Waals surface area (Å²) in [4.78, 5) is 4.48. The maximum atomic E-state index is 2.31. The lowest BCUT2D eigenvalue weighted by Gasteiger charge is -2.17. The maximum Gasteiger partial charge on any atom is 0.0935 e. The molecule has 0 aromatic carbocycles. The van der Waals surface area contributed by atoms with Crippen molar-refractivity contribution < 1.29 is 0 Å². The molecule has 1 rings (SSSR count). The first-order valence-electron chi connectivity index (χ1n) is 4.17. The van der Waals surface area contributed by atoms with Crippen LogP contribution in [0.25, 0.3) is 0 Å². The Morgan fingerprint density at radius 2 is 2.27 bits per heavy atom. The minimum Gasteiger partial charge on any atom is -0.358 e. The fourth-order valence-electron chi connectivity index (χ4n) is 1.20. The highest BCUT2D eigenvalue weighted by Gasteiger charge is 2.06. The van der Waals surface area contributed by atoms with Gasteiger partial charge in [0, 0.05) is 25.1 Å². The first-order valence-corrected chi connectivity index (χ1v) is 4.17. The summed E-state index contributed by atoms with van der Waals surface area (Å²) in [6.45, 7) is 6.41. The molecular weight excluding hydrogens is 136 g/mol. The van der Waals surface area contributed by atoms with Crippen LogP contribution < -0.4 is 0 Å². The quantitative estimate of drug-likeness (QED) is 0.610. The normalized spacial score (nSPS) is 17.3. The Hall–Kier alpha value is -0.920.